The number of fused-ring (bicyclic) bond motifs is 1. The summed E-state index contributed by atoms with van der Waals surface area (Å²) in [5.74, 6) is 2.53. The molecule has 1 aliphatic rings. The van der Waals surface area contributed by atoms with Gasteiger partial charge in [-0.2, -0.15) is 16.7 Å². The Morgan fingerprint density at radius 2 is 1.62 bits per heavy atom. The second-order valence-electron chi connectivity index (χ2n) is 11.6. The molecule has 6 nitrogen and oxygen atoms in total. The Kier molecular flexibility index (Phi) is 10.6. The van der Waals surface area contributed by atoms with E-state index in [0.29, 0.717) is 24.5 Å². The van der Waals surface area contributed by atoms with Gasteiger partial charge >= 0.3 is 0 Å². The summed E-state index contributed by atoms with van der Waals surface area (Å²) in [7, 11) is 4.05. The standard InChI is InChI=1S/C34H42ClN5OS/c1-23-8-12-25(13-9-23)32(41)20-29(42-22-24-10-14-26(35)15-11-24)21-36-27-16-18-28(19-17-27)37-34-38-31-7-5-4-6-30(31)33(39-34)40(2)3/h4-15,27-29,32,36,41H,16-22H2,1-3H3,(H,37,38,39)/t27-,28+,29?,32?. The third-order valence-corrected chi connectivity index (χ3v) is 9.63. The van der Waals surface area contributed by atoms with Crippen LogP contribution in [0.5, 0.6) is 0 Å². The number of hydrogen-bond acceptors (Lipinski definition) is 7. The molecule has 2 atom stereocenters. The monoisotopic (exact) mass is 603 g/mol. The van der Waals surface area contributed by atoms with E-state index in [1.165, 1.54) is 11.1 Å². The number of aliphatic hydroxyl groups excluding tert-OH is 1. The van der Waals surface area contributed by atoms with E-state index >= 15 is 0 Å². The van der Waals surface area contributed by atoms with Crippen LogP contribution in [0.15, 0.2) is 72.8 Å². The van der Waals surface area contributed by atoms with Gasteiger partial charge in [-0.15, -0.1) is 0 Å². The van der Waals surface area contributed by atoms with E-state index in [-0.39, 0.29) is 5.25 Å². The average Bonchev–Trinajstić information content (AvgIpc) is 3.00. The highest BCUT2D eigenvalue weighted by Crippen LogP contribution is 2.30. The number of anilines is 2. The molecule has 4 aromatic rings. The Bertz CT molecular complexity index is 1420. The predicted molar refractivity (Wildman–Crippen MR) is 179 cm³/mol. The van der Waals surface area contributed by atoms with E-state index < -0.39 is 6.10 Å². The molecule has 0 spiro atoms. The molecule has 0 bridgehead atoms. The molecule has 0 amide bonds. The minimum absolute atomic E-state index is 0.281. The van der Waals surface area contributed by atoms with E-state index in [9.17, 15) is 5.11 Å². The molecular formula is C34H42ClN5OS. The van der Waals surface area contributed by atoms with E-state index in [0.717, 1.165) is 65.3 Å². The van der Waals surface area contributed by atoms with Crippen molar-refractivity contribution in [3.63, 3.8) is 0 Å². The Hall–Kier alpha value is -2.84. The second kappa shape index (κ2) is 14.6. The number of aliphatic hydroxyl groups is 1. The second-order valence-corrected chi connectivity index (χ2v) is 13.3. The van der Waals surface area contributed by atoms with Crippen LogP contribution in [0.4, 0.5) is 11.8 Å². The number of thioether (sulfide) groups is 1. The van der Waals surface area contributed by atoms with Crippen molar-refractivity contribution < 1.29 is 5.11 Å². The van der Waals surface area contributed by atoms with Crippen LogP contribution in [-0.2, 0) is 5.75 Å². The number of aryl methyl sites for hydroxylation is 1. The van der Waals surface area contributed by atoms with E-state index in [4.69, 9.17) is 21.6 Å². The largest absolute Gasteiger partial charge is 0.388 e. The summed E-state index contributed by atoms with van der Waals surface area (Å²) in [6.07, 6.45) is 4.56. The number of para-hydroxylation sites is 1. The molecule has 8 heteroatoms. The molecule has 2 unspecified atom stereocenters. The molecule has 3 N–H and O–H groups in total. The maximum absolute atomic E-state index is 11.1. The maximum atomic E-state index is 11.1. The number of hydrogen-bond donors (Lipinski definition) is 3. The van der Waals surface area contributed by atoms with Crippen LogP contribution in [0, 0.1) is 6.92 Å². The van der Waals surface area contributed by atoms with Gasteiger partial charge in [0.25, 0.3) is 0 Å². The summed E-state index contributed by atoms with van der Waals surface area (Å²) in [4.78, 5) is 11.7. The van der Waals surface area contributed by atoms with Gasteiger partial charge in [-0.05, 0) is 74.4 Å². The van der Waals surface area contributed by atoms with Crippen molar-refractivity contribution in [2.45, 2.75) is 68.2 Å². The third kappa shape index (κ3) is 8.38. The molecular weight excluding hydrogens is 562 g/mol. The fraction of sp³-hybridized carbons (Fsp3) is 0.412. The van der Waals surface area contributed by atoms with Crippen molar-refractivity contribution in [1.29, 1.82) is 0 Å². The lowest BCUT2D eigenvalue weighted by molar-refractivity contribution is 0.165. The highest BCUT2D eigenvalue weighted by molar-refractivity contribution is 7.99. The first kappa shape index (κ1) is 30.6. The van der Waals surface area contributed by atoms with Gasteiger partial charge in [0.2, 0.25) is 5.95 Å². The van der Waals surface area contributed by atoms with Crippen LogP contribution in [0.2, 0.25) is 5.02 Å². The smallest absolute Gasteiger partial charge is 0.225 e. The Morgan fingerprint density at radius 1 is 0.929 bits per heavy atom. The maximum Gasteiger partial charge on any atom is 0.225 e. The topological polar surface area (TPSA) is 73.3 Å². The van der Waals surface area contributed by atoms with Crippen LogP contribution < -0.4 is 15.5 Å². The lowest BCUT2D eigenvalue weighted by atomic mass is 9.91. The molecule has 42 heavy (non-hydrogen) atoms. The number of nitrogens with zero attached hydrogens (tertiary/aromatic N) is 3. The first-order chi connectivity index (χ1) is 20.3. The van der Waals surface area contributed by atoms with Gasteiger partial charge in [0, 0.05) is 54.1 Å². The minimum atomic E-state index is -0.482. The van der Waals surface area contributed by atoms with Crippen LogP contribution in [-0.4, -0.2) is 53.0 Å². The van der Waals surface area contributed by atoms with Crippen LogP contribution in [0.25, 0.3) is 10.9 Å². The van der Waals surface area contributed by atoms with Crippen molar-refractivity contribution in [2.75, 3.05) is 30.9 Å². The van der Waals surface area contributed by atoms with Gasteiger partial charge in [-0.25, -0.2) is 4.98 Å². The molecule has 3 aromatic carbocycles. The molecule has 1 heterocycles. The molecule has 1 saturated carbocycles. The van der Waals surface area contributed by atoms with Crippen molar-refractivity contribution in [3.8, 4) is 0 Å². The van der Waals surface area contributed by atoms with Crippen LogP contribution in [0.1, 0.15) is 54.9 Å². The molecule has 222 valence electrons. The molecule has 0 aliphatic heterocycles. The quantitative estimate of drug-likeness (QED) is 0.156. The SMILES string of the molecule is Cc1ccc(C(O)CC(CN[C@H]2CC[C@@H](Nc3nc(N(C)C)c4ccccc4n3)CC2)SCc2ccc(Cl)cc2)cc1. The molecule has 5 rings (SSSR count). The summed E-state index contributed by atoms with van der Waals surface area (Å²) in [6.45, 7) is 2.94. The van der Waals surface area contributed by atoms with Gasteiger partial charge in [0.05, 0.1) is 11.6 Å². The Labute approximate surface area is 259 Å². The van der Waals surface area contributed by atoms with E-state index in [1.807, 2.05) is 73.2 Å². The zero-order chi connectivity index (χ0) is 29.5. The zero-order valence-electron chi connectivity index (χ0n) is 24.8. The minimum Gasteiger partial charge on any atom is -0.388 e. The molecule has 1 aliphatic carbocycles. The Morgan fingerprint density at radius 3 is 2.33 bits per heavy atom. The number of nitrogens with one attached hydrogen (secondary N) is 2. The van der Waals surface area contributed by atoms with Gasteiger partial charge in [0.1, 0.15) is 5.82 Å². The van der Waals surface area contributed by atoms with Crippen molar-refractivity contribution >= 4 is 46.0 Å². The average molecular weight is 604 g/mol. The highest BCUT2D eigenvalue weighted by atomic mass is 35.5. The van der Waals surface area contributed by atoms with Crippen molar-refractivity contribution in [2.24, 2.45) is 0 Å². The van der Waals surface area contributed by atoms with Crippen molar-refractivity contribution in [1.82, 2.24) is 15.3 Å². The summed E-state index contributed by atoms with van der Waals surface area (Å²) in [6, 6.07) is 25.3. The number of rotatable bonds is 12. The van der Waals surface area contributed by atoms with Crippen LogP contribution >= 0.6 is 23.4 Å². The fourth-order valence-electron chi connectivity index (χ4n) is 5.57. The zero-order valence-corrected chi connectivity index (χ0v) is 26.3. The molecule has 0 saturated heterocycles. The van der Waals surface area contributed by atoms with Gasteiger partial charge in [-0.1, -0.05) is 65.7 Å². The molecule has 1 fully saturated rings. The Balaban J connectivity index is 1.16. The fourth-order valence-corrected chi connectivity index (χ4v) is 6.85. The predicted octanol–water partition coefficient (Wildman–Crippen LogP) is 7.40. The normalized spacial score (nSPS) is 18.5. The lowest BCUT2D eigenvalue weighted by Gasteiger charge is -2.31. The van der Waals surface area contributed by atoms with Crippen LogP contribution in [0.3, 0.4) is 0 Å². The first-order valence-corrected chi connectivity index (χ1v) is 16.3. The van der Waals surface area contributed by atoms with Crippen molar-refractivity contribution in [3.05, 3.63) is 94.5 Å². The molecule has 1 aromatic heterocycles. The highest BCUT2D eigenvalue weighted by Gasteiger charge is 2.24. The van der Waals surface area contributed by atoms with Gasteiger partial charge < -0.3 is 20.6 Å². The third-order valence-electron chi connectivity index (χ3n) is 8.05. The van der Waals surface area contributed by atoms with E-state index in [1.54, 1.807) is 0 Å². The van der Waals surface area contributed by atoms with E-state index in [2.05, 4.69) is 47.9 Å². The lowest BCUT2D eigenvalue weighted by Crippen LogP contribution is -2.40. The van der Waals surface area contributed by atoms with Gasteiger partial charge in [-0.3, -0.25) is 0 Å². The molecule has 0 radical (unpaired) electrons. The number of halogens is 1. The first-order valence-electron chi connectivity index (χ1n) is 14.9. The summed E-state index contributed by atoms with van der Waals surface area (Å²) in [5, 5.41) is 20.6. The number of aromatic nitrogens is 2. The summed E-state index contributed by atoms with van der Waals surface area (Å²) < 4.78 is 0. The van der Waals surface area contributed by atoms with Gasteiger partial charge in [0.15, 0.2) is 0 Å². The summed E-state index contributed by atoms with van der Waals surface area (Å²) in [5.41, 5.74) is 4.40. The summed E-state index contributed by atoms with van der Waals surface area (Å²) >= 11 is 8.00. The number of benzene rings is 3.